The van der Waals surface area contributed by atoms with E-state index in [1.54, 1.807) is 12.1 Å². The van der Waals surface area contributed by atoms with E-state index in [2.05, 4.69) is 5.32 Å². The maximum atomic E-state index is 12.8. The average Bonchev–Trinajstić information content (AvgIpc) is 2.83. The molecular weight excluding hydrogens is 441 g/mol. The summed E-state index contributed by atoms with van der Waals surface area (Å²) in [6, 6.07) is 8.68. The van der Waals surface area contributed by atoms with Crippen LogP contribution in [-0.2, 0) is 15.7 Å². The minimum absolute atomic E-state index is 0.153. The standard InChI is InChI=1S/C23H23F3N2O5/c1-32-17-7-8-19(18(13-17)22(31)33-2)27-20(29)14-9-11-28(12-10-14)21(30)15-3-5-16(6-4-15)23(24,25)26/h3-8,13-14H,9-12H2,1-2H3,(H,27,29). The number of esters is 1. The van der Waals surface area contributed by atoms with E-state index in [9.17, 15) is 27.6 Å². The number of carbonyl (C=O) groups is 3. The number of anilines is 1. The minimum atomic E-state index is -4.47. The Balaban J connectivity index is 1.61. The van der Waals surface area contributed by atoms with Crippen molar-refractivity contribution in [3.63, 3.8) is 0 Å². The molecule has 1 aliphatic rings. The molecule has 2 aromatic rings. The molecule has 1 fully saturated rings. The van der Waals surface area contributed by atoms with Gasteiger partial charge in [0.15, 0.2) is 0 Å². The first kappa shape index (κ1) is 24.1. The van der Waals surface area contributed by atoms with Gasteiger partial charge in [0.1, 0.15) is 5.75 Å². The second-order valence-corrected chi connectivity index (χ2v) is 7.53. The fourth-order valence-electron chi connectivity index (χ4n) is 3.60. The third kappa shape index (κ3) is 5.63. The van der Waals surface area contributed by atoms with Gasteiger partial charge < -0.3 is 19.7 Å². The highest BCUT2D eigenvalue weighted by molar-refractivity contribution is 6.02. The monoisotopic (exact) mass is 464 g/mol. The first-order valence-electron chi connectivity index (χ1n) is 10.2. The lowest BCUT2D eigenvalue weighted by atomic mass is 9.95. The molecule has 33 heavy (non-hydrogen) atoms. The van der Waals surface area contributed by atoms with E-state index in [0.29, 0.717) is 18.6 Å². The number of halogens is 3. The van der Waals surface area contributed by atoms with E-state index in [1.165, 1.54) is 25.2 Å². The van der Waals surface area contributed by atoms with Crippen molar-refractivity contribution in [1.29, 1.82) is 0 Å². The Labute approximate surface area is 188 Å². The number of likely N-dealkylation sites (tertiary alicyclic amines) is 1. The summed E-state index contributed by atoms with van der Waals surface area (Å²) in [6.07, 6.45) is -3.71. The van der Waals surface area contributed by atoms with Gasteiger partial charge in [-0.3, -0.25) is 9.59 Å². The summed E-state index contributed by atoms with van der Waals surface area (Å²) in [5, 5.41) is 2.74. The molecule has 0 bridgehead atoms. The van der Waals surface area contributed by atoms with Gasteiger partial charge in [-0.1, -0.05) is 0 Å². The molecular formula is C23H23F3N2O5. The van der Waals surface area contributed by atoms with E-state index in [-0.39, 0.29) is 41.7 Å². The van der Waals surface area contributed by atoms with Gasteiger partial charge in [0, 0.05) is 24.6 Å². The molecule has 1 heterocycles. The molecule has 0 unspecified atom stereocenters. The van der Waals surface area contributed by atoms with Gasteiger partial charge in [-0.25, -0.2) is 4.79 Å². The topological polar surface area (TPSA) is 84.9 Å². The molecule has 0 radical (unpaired) electrons. The molecule has 7 nitrogen and oxygen atoms in total. The Morgan fingerprint density at radius 2 is 1.64 bits per heavy atom. The quantitative estimate of drug-likeness (QED) is 0.677. The average molecular weight is 464 g/mol. The smallest absolute Gasteiger partial charge is 0.416 e. The number of hydrogen-bond donors (Lipinski definition) is 1. The van der Waals surface area contributed by atoms with Crippen LogP contribution in [0.5, 0.6) is 5.75 Å². The van der Waals surface area contributed by atoms with Crippen molar-refractivity contribution in [3.8, 4) is 5.75 Å². The van der Waals surface area contributed by atoms with Crippen molar-refractivity contribution in [2.24, 2.45) is 5.92 Å². The number of nitrogens with one attached hydrogen (secondary N) is 1. The molecule has 176 valence electrons. The molecule has 1 aliphatic heterocycles. The summed E-state index contributed by atoms with van der Waals surface area (Å²) in [5.74, 6) is -1.27. The summed E-state index contributed by atoms with van der Waals surface area (Å²) < 4.78 is 48.0. The predicted octanol–water partition coefficient (Wildman–Crippen LogP) is 3.99. The number of nitrogens with zero attached hydrogens (tertiary/aromatic N) is 1. The molecule has 10 heteroatoms. The maximum Gasteiger partial charge on any atom is 0.416 e. The number of piperidine rings is 1. The van der Waals surface area contributed by atoms with Gasteiger partial charge in [-0.05, 0) is 55.3 Å². The van der Waals surface area contributed by atoms with Crippen LogP contribution in [0.2, 0.25) is 0 Å². The van der Waals surface area contributed by atoms with Gasteiger partial charge >= 0.3 is 12.1 Å². The number of amides is 2. The number of methoxy groups -OCH3 is 2. The fraction of sp³-hybridized carbons (Fsp3) is 0.348. The van der Waals surface area contributed by atoms with Gasteiger partial charge in [-0.15, -0.1) is 0 Å². The van der Waals surface area contributed by atoms with Crippen LogP contribution in [0, 0.1) is 5.92 Å². The van der Waals surface area contributed by atoms with Crippen molar-refractivity contribution in [3.05, 3.63) is 59.2 Å². The summed E-state index contributed by atoms with van der Waals surface area (Å²) in [4.78, 5) is 38.9. The van der Waals surface area contributed by atoms with Crippen LogP contribution < -0.4 is 10.1 Å². The molecule has 2 amide bonds. The van der Waals surface area contributed by atoms with Crippen LogP contribution in [0.4, 0.5) is 18.9 Å². The summed E-state index contributed by atoms with van der Waals surface area (Å²) in [6.45, 7) is 0.564. The zero-order valence-electron chi connectivity index (χ0n) is 18.1. The normalized spacial score (nSPS) is 14.5. The van der Waals surface area contributed by atoms with E-state index in [1.807, 2.05) is 0 Å². The van der Waals surface area contributed by atoms with Crippen LogP contribution in [-0.4, -0.2) is 50.0 Å². The third-order valence-corrected chi connectivity index (χ3v) is 5.50. The highest BCUT2D eigenvalue weighted by Gasteiger charge is 2.32. The maximum absolute atomic E-state index is 12.8. The van der Waals surface area contributed by atoms with Crippen molar-refractivity contribution in [1.82, 2.24) is 4.90 Å². The highest BCUT2D eigenvalue weighted by atomic mass is 19.4. The van der Waals surface area contributed by atoms with Crippen molar-refractivity contribution < 1.29 is 37.0 Å². The minimum Gasteiger partial charge on any atom is -0.497 e. The Morgan fingerprint density at radius 3 is 2.18 bits per heavy atom. The number of ether oxygens (including phenoxy) is 2. The Hall–Kier alpha value is -3.56. The molecule has 0 aliphatic carbocycles. The first-order chi connectivity index (χ1) is 15.6. The predicted molar refractivity (Wildman–Crippen MR) is 113 cm³/mol. The number of alkyl halides is 3. The largest absolute Gasteiger partial charge is 0.497 e. The Kier molecular flexibility index (Phi) is 7.25. The molecule has 1 saturated heterocycles. The van der Waals surface area contributed by atoms with Crippen LogP contribution in [0.15, 0.2) is 42.5 Å². The lowest BCUT2D eigenvalue weighted by molar-refractivity contribution is -0.137. The zero-order chi connectivity index (χ0) is 24.2. The van der Waals surface area contributed by atoms with Gasteiger partial charge in [0.25, 0.3) is 5.91 Å². The number of carbonyl (C=O) groups excluding carboxylic acids is 3. The molecule has 0 saturated carbocycles. The lowest BCUT2D eigenvalue weighted by Crippen LogP contribution is -2.41. The molecule has 0 aromatic heterocycles. The van der Waals surface area contributed by atoms with Crippen LogP contribution in [0.25, 0.3) is 0 Å². The summed E-state index contributed by atoms with van der Waals surface area (Å²) >= 11 is 0. The van der Waals surface area contributed by atoms with Crippen LogP contribution >= 0.6 is 0 Å². The van der Waals surface area contributed by atoms with Crippen molar-refractivity contribution in [2.75, 3.05) is 32.6 Å². The van der Waals surface area contributed by atoms with Gasteiger partial charge in [0.05, 0.1) is 31.0 Å². The zero-order valence-corrected chi connectivity index (χ0v) is 18.1. The van der Waals surface area contributed by atoms with Gasteiger partial charge in [0.2, 0.25) is 5.91 Å². The SMILES string of the molecule is COC(=O)c1cc(OC)ccc1NC(=O)C1CCN(C(=O)c2ccc(C(F)(F)F)cc2)CC1. The molecule has 3 rings (SSSR count). The van der Waals surface area contributed by atoms with Crippen molar-refractivity contribution >= 4 is 23.5 Å². The molecule has 0 atom stereocenters. The van der Waals surface area contributed by atoms with Crippen LogP contribution in [0.3, 0.4) is 0 Å². The molecule has 1 N–H and O–H groups in total. The van der Waals surface area contributed by atoms with E-state index in [4.69, 9.17) is 9.47 Å². The van der Waals surface area contributed by atoms with E-state index >= 15 is 0 Å². The number of rotatable bonds is 5. The Morgan fingerprint density at radius 1 is 1.00 bits per heavy atom. The van der Waals surface area contributed by atoms with E-state index < -0.39 is 23.6 Å². The third-order valence-electron chi connectivity index (χ3n) is 5.50. The highest BCUT2D eigenvalue weighted by Crippen LogP contribution is 2.30. The Bertz CT molecular complexity index is 1030. The van der Waals surface area contributed by atoms with E-state index in [0.717, 1.165) is 24.3 Å². The first-order valence-corrected chi connectivity index (χ1v) is 10.2. The molecule has 2 aromatic carbocycles. The van der Waals surface area contributed by atoms with Crippen molar-refractivity contribution in [2.45, 2.75) is 19.0 Å². The number of benzene rings is 2. The number of hydrogen-bond acceptors (Lipinski definition) is 5. The second kappa shape index (κ2) is 9.93. The van der Waals surface area contributed by atoms with Crippen LogP contribution in [0.1, 0.15) is 39.1 Å². The molecule has 0 spiro atoms. The fourth-order valence-corrected chi connectivity index (χ4v) is 3.60. The summed E-state index contributed by atoms with van der Waals surface area (Å²) in [7, 11) is 2.69. The summed E-state index contributed by atoms with van der Waals surface area (Å²) in [5.41, 5.74) is -0.220. The van der Waals surface area contributed by atoms with Gasteiger partial charge in [-0.2, -0.15) is 13.2 Å². The lowest BCUT2D eigenvalue weighted by Gasteiger charge is -2.31. The second-order valence-electron chi connectivity index (χ2n) is 7.53.